The summed E-state index contributed by atoms with van der Waals surface area (Å²) in [4.78, 5) is 1.25. The molecule has 0 radical (unpaired) electrons. The highest BCUT2D eigenvalue weighted by atomic mass is 32.2. The molecule has 0 amide bonds. The molecule has 0 fully saturated rings. The van der Waals surface area contributed by atoms with Crippen molar-refractivity contribution >= 4 is 17.6 Å². The summed E-state index contributed by atoms with van der Waals surface area (Å²) >= 11 is 1.78. The molecule has 2 rings (SSSR count). The van der Waals surface area contributed by atoms with Crippen LogP contribution in [0.5, 0.6) is 0 Å². The molecule has 3 N–H and O–H groups in total. The van der Waals surface area contributed by atoms with Gasteiger partial charge in [-0.2, -0.15) is 5.10 Å². The second kappa shape index (κ2) is 4.40. The van der Waals surface area contributed by atoms with Crippen molar-refractivity contribution in [1.29, 1.82) is 0 Å². The van der Waals surface area contributed by atoms with E-state index in [9.17, 15) is 0 Å². The minimum Gasteiger partial charge on any atom is -0.382 e. The van der Waals surface area contributed by atoms with Crippen molar-refractivity contribution in [2.45, 2.75) is 17.1 Å². The van der Waals surface area contributed by atoms with E-state index >= 15 is 0 Å². The lowest BCUT2D eigenvalue weighted by Gasteiger charge is -2.08. The zero-order chi connectivity index (χ0) is 10.7. The fourth-order valence-corrected chi connectivity index (χ4v) is 2.30. The molecule has 1 unspecified atom stereocenters. The number of hydrogen-bond acceptors (Lipinski definition) is 3. The van der Waals surface area contributed by atoms with Gasteiger partial charge in [-0.15, -0.1) is 11.8 Å². The zero-order valence-corrected chi connectivity index (χ0v) is 9.29. The number of nitrogens with zero attached hydrogens (tertiary/aromatic N) is 1. The smallest absolute Gasteiger partial charge is 0.145 e. The number of anilines is 1. The fourth-order valence-electron chi connectivity index (χ4n) is 1.33. The van der Waals surface area contributed by atoms with Gasteiger partial charge < -0.3 is 5.73 Å². The number of hydrogen-bond donors (Lipinski definition) is 2. The van der Waals surface area contributed by atoms with Gasteiger partial charge in [0.05, 0.1) is 5.69 Å². The van der Waals surface area contributed by atoms with Crippen LogP contribution < -0.4 is 5.73 Å². The molecular formula is C11H13N3S. The number of benzene rings is 1. The molecule has 3 nitrogen and oxygen atoms in total. The first-order valence-electron chi connectivity index (χ1n) is 4.78. The van der Waals surface area contributed by atoms with Crippen molar-refractivity contribution in [3.63, 3.8) is 0 Å². The van der Waals surface area contributed by atoms with Gasteiger partial charge in [0.1, 0.15) is 5.82 Å². The van der Waals surface area contributed by atoms with Gasteiger partial charge in [0.15, 0.2) is 0 Å². The van der Waals surface area contributed by atoms with Crippen LogP contribution in [0.1, 0.15) is 17.9 Å². The number of rotatable bonds is 3. The summed E-state index contributed by atoms with van der Waals surface area (Å²) in [6.45, 7) is 2.13. The highest BCUT2D eigenvalue weighted by Crippen LogP contribution is 2.33. The van der Waals surface area contributed by atoms with Crippen molar-refractivity contribution in [3.8, 4) is 0 Å². The second-order valence-electron chi connectivity index (χ2n) is 3.32. The summed E-state index contributed by atoms with van der Waals surface area (Å²) in [7, 11) is 0. The average molecular weight is 219 g/mol. The molecule has 0 bridgehead atoms. The minimum atomic E-state index is 0.331. The van der Waals surface area contributed by atoms with E-state index in [0.717, 1.165) is 5.69 Å². The van der Waals surface area contributed by atoms with Gasteiger partial charge in [0, 0.05) is 16.2 Å². The maximum atomic E-state index is 5.56. The molecule has 1 aromatic heterocycles. The zero-order valence-electron chi connectivity index (χ0n) is 8.47. The molecule has 2 aromatic rings. The molecule has 0 aliphatic heterocycles. The second-order valence-corrected chi connectivity index (χ2v) is 4.74. The topological polar surface area (TPSA) is 54.7 Å². The number of thioether (sulfide) groups is 1. The monoisotopic (exact) mass is 219 g/mol. The molecule has 1 aromatic carbocycles. The van der Waals surface area contributed by atoms with Crippen LogP contribution in [0, 0.1) is 0 Å². The third-order valence-electron chi connectivity index (χ3n) is 2.11. The van der Waals surface area contributed by atoms with Crippen LogP contribution in [0.3, 0.4) is 0 Å². The molecule has 0 saturated carbocycles. The summed E-state index contributed by atoms with van der Waals surface area (Å²) in [6, 6.07) is 12.2. The average Bonchev–Trinajstić information content (AvgIpc) is 2.66. The van der Waals surface area contributed by atoms with Gasteiger partial charge in [-0.1, -0.05) is 18.2 Å². The molecule has 4 heteroatoms. The van der Waals surface area contributed by atoms with Crippen LogP contribution in [0.2, 0.25) is 0 Å². The Morgan fingerprint density at radius 1 is 1.33 bits per heavy atom. The molecule has 78 valence electrons. The van der Waals surface area contributed by atoms with Crippen LogP contribution in [0.15, 0.2) is 41.3 Å². The first-order valence-corrected chi connectivity index (χ1v) is 5.66. The predicted molar refractivity (Wildman–Crippen MR) is 63.7 cm³/mol. The van der Waals surface area contributed by atoms with Crippen molar-refractivity contribution in [2.24, 2.45) is 0 Å². The highest BCUT2D eigenvalue weighted by Gasteiger charge is 2.09. The summed E-state index contributed by atoms with van der Waals surface area (Å²) in [6.07, 6.45) is 0. The minimum absolute atomic E-state index is 0.331. The van der Waals surface area contributed by atoms with Gasteiger partial charge in [0.25, 0.3) is 0 Å². The van der Waals surface area contributed by atoms with Crippen molar-refractivity contribution < 1.29 is 0 Å². The number of nitrogens with two attached hydrogens (primary N) is 1. The Morgan fingerprint density at radius 3 is 2.67 bits per heavy atom. The predicted octanol–water partition coefficient (Wildman–Crippen LogP) is 2.85. The molecule has 0 aliphatic rings. The molecule has 1 heterocycles. The van der Waals surface area contributed by atoms with Gasteiger partial charge in [0.2, 0.25) is 0 Å². The first kappa shape index (κ1) is 10.1. The van der Waals surface area contributed by atoms with Crippen LogP contribution in [-0.4, -0.2) is 10.2 Å². The first-order chi connectivity index (χ1) is 7.25. The van der Waals surface area contributed by atoms with Crippen LogP contribution >= 0.6 is 11.8 Å². The Balaban J connectivity index is 2.07. The van der Waals surface area contributed by atoms with E-state index in [1.807, 2.05) is 24.3 Å². The Bertz CT molecular complexity index is 424. The van der Waals surface area contributed by atoms with Crippen molar-refractivity contribution in [3.05, 3.63) is 42.1 Å². The van der Waals surface area contributed by atoms with Gasteiger partial charge in [-0.25, -0.2) is 0 Å². The molecule has 0 saturated heterocycles. The van der Waals surface area contributed by atoms with E-state index in [4.69, 9.17) is 5.73 Å². The lowest BCUT2D eigenvalue weighted by atomic mass is 10.3. The highest BCUT2D eigenvalue weighted by molar-refractivity contribution is 7.99. The Hall–Kier alpha value is -1.42. The lowest BCUT2D eigenvalue weighted by Crippen LogP contribution is -1.88. The molecule has 0 aliphatic carbocycles. The maximum Gasteiger partial charge on any atom is 0.145 e. The fraction of sp³-hybridized carbons (Fsp3) is 0.182. The maximum absolute atomic E-state index is 5.56. The Morgan fingerprint density at radius 2 is 2.07 bits per heavy atom. The summed E-state index contributed by atoms with van der Waals surface area (Å²) in [5, 5.41) is 7.18. The van der Waals surface area contributed by atoms with Gasteiger partial charge >= 0.3 is 0 Å². The Labute approximate surface area is 93.1 Å². The normalized spacial score (nSPS) is 12.6. The number of aromatic nitrogens is 2. The number of nitrogen functional groups attached to an aromatic ring is 1. The third kappa shape index (κ3) is 2.53. The van der Waals surface area contributed by atoms with E-state index in [-0.39, 0.29) is 0 Å². The lowest BCUT2D eigenvalue weighted by molar-refractivity contribution is 0.958. The van der Waals surface area contributed by atoms with Crippen LogP contribution in [-0.2, 0) is 0 Å². The number of H-pyrrole nitrogens is 1. The number of nitrogens with one attached hydrogen (secondary N) is 1. The van der Waals surface area contributed by atoms with Crippen molar-refractivity contribution in [2.75, 3.05) is 5.73 Å². The molecular weight excluding hydrogens is 206 g/mol. The van der Waals surface area contributed by atoms with E-state index in [1.165, 1.54) is 4.90 Å². The van der Waals surface area contributed by atoms with Crippen LogP contribution in [0.4, 0.5) is 5.82 Å². The number of aromatic amines is 1. The summed E-state index contributed by atoms with van der Waals surface area (Å²) in [5.41, 5.74) is 6.61. The summed E-state index contributed by atoms with van der Waals surface area (Å²) < 4.78 is 0. The Kier molecular flexibility index (Phi) is 2.97. The molecule has 0 spiro atoms. The molecule has 1 atom stereocenters. The SMILES string of the molecule is CC(Sc1ccccc1)c1cc(N)n[nH]1. The van der Waals surface area contributed by atoms with Gasteiger partial charge in [-0.05, 0) is 19.1 Å². The van der Waals surface area contributed by atoms with E-state index in [1.54, 1.807) is 11.8 Å². The standard InChI is InChI=1S/C11H13N3S/c1-8(10-7-11(12)14-13-10)15-9-5-3-2-4-6-9/h2-8H,1H3,(H3,12,13,14). The van der Waals surface area contributed by atoms with Crippen molar-refractivity contribution in [1.82, 2.24) is 10.2 Å². The quantitative estimate of drug-likeness (QED) is 0.780. The third-order valence-corrected chi connectivity index (χ3v) is 3.26. The van der Waals surface area contributed by atoms with Gasteiger partial charge in [-0.3, -0.25) is 5.10 Å². The molecule has 15 heavy (non-hydrogen) atoms. The summed E-state index contributed by atoms with van der Waals surface area (Å²) in [5.74, 6) is 0.547. The van der Waals surface area contributed by atoms with E-state index in [2.05, 4.69) is 29.3 Å². The van der Waals surface area contributed by atoms with E-state index < -0.39 is 0 Å². The van der Waals surface area contributed by atoms with E-state index in [0.29, 0.717) is 11.1 Å². The van der Waals surface area contributed by atoms with Crippen LogP contribution in [0.25, 0.3) is 0 Å². The largest absolute Gasteiger partial charge is 0.382 e.